The molecule has 0 heterocycles. The largest absolute Gasteiger partial charge is 0.506 e. The Morgan fingerprint density at radius 1 is 1.47 bits per heavy atom. The summed E-state index contributed by atoms with van der Waals surface area (Å²) in [6.07, 6.45) is 0.516. The van der Waals surface area contributed by atoms with Crippen molar-refractivity contribution in [1.82, 2.24) is 5.32 Å². The molecule has 2 atom stereocenters. The fourth-order valence-corrected chi connectivity index (χ4v) is 2.38. The van der Waals surface area contributed by atoms with Crippen LogP contribution in [0.15, 0.2) is 18.2 Å². The van der Waals surface area contributed by atoms with Gasteiger partial charge >= 0.3 is 0 Å². The molecule has 1 aliphatic rings. The lowest BCUT2D eigenvalue weighted by Crippen LogP contribution is -2.59. The van der Waals surface area contributed by atoms with Gasteiger partial charge in [0.15, 0.2) is 0 Å². The van der Waals surface area contributed by atoms with Gasteiger partial charge in [-0.2, -0.15) is 0 Å². The van der Waals surface area contributed by atoms with Crippen molar-refractivity contribution < 1.29 is 10.2 Å². The molecule has 1 aliphatic carbocycles. The average Bonchev–Trinajstić information content (AvgIpc) is 2.29. The highest BCUT2D eigenvalue weighted by Crippen LogP contribution is 2.40. The molecular weight excluding hydrogens is 238 g/mol. The molecule has 3 nitrogen and oxygen atoms in total. The minimum Gasteiger partial charge on any atom is -0.506 e. The first kappa shape index (κ1) is 12.7. The lowest BCUT2D eigenvalue weighted by molar-refractivity contribution is -0.0730. The molecule has 0 amide bonds. The number of rotatable bonds is 3. The maximum Gasteiger partial charge on any atom is 0.138 e. The Morgan fingerprint density at radius 2 is 2.18 bits per heavy atom. The number of phenolic OH excluding ortho intramolecular Hbond substituents is 1. The lowest BCUT2D eigenvalue weighted by Gasteiger charge is -2.49. The molecule has 3 N–H and O–H groups in total. The van der Waals surface area contributed by atoms with E-state index in [-0.39, 0.29) is 23.3 Å². The van der Waals surface area contributed by atoms with Gasteiger partial charge in [0, 0.05) is 23.6 Å². The second-order valence-corrected chi connectivity index (χ2v) is 5.66. The second kappa shape index (κ2) is 4.48. The Labute approximate surface area is 106 Å². The van der Waals surface area contributed by atoms with Gasteiger partial charge in [0.25, 0.3) is 0 Å². The molecule has 0 aromatic heterocycles. The fourth-order valence-electron chi connectivity index (χ4n) is 2.18. The fraction of sp³-hybridized carbons (Fsp3) is 0.538. The normalized spacial score (nSPS) is 26.6. The maximum atomic E-state index is 9.76. The van der Waals surface area contributed by atoms with Crippen molar-refractivity contribution in [2.45, 2.75) is 39.0 Å². The van der Waals surface area contributed by atoms with Gasteiger partial charge in [-0.05, 0) is 12.5 Å². The standard InChI is InChI=1S/C13H18ClNO2/c1-13(2)10(6-11(13)16)15-7-8-4-3-5-9(14)12(8)17/h3-5,10-11,15-17H,6-7H2,1-2H3. The smallest absolute Gasteiger partial charge is 0.138 e. The van der Waals surface area contributed by atoms with E-state index in [0.29, 0.717) is 11.6 Å². The quantitative estimate of drug-likeness (QED) is 0.777. The zero-order valence-electron chi connectivity index (χ0n) is 10.1. The first-order valence-electron chi connectivity index (χ1n) is 5.80. The molecule has 1 aromatic carbocycles. The summed E-state index contributed by atoms with van der Waals surface area (Å²) in [5.41, 5.74) is 0.684. The van der Waals surface area contributed by atoms with Crippen molar-refractivity contribution in [3.63, 3.8) is 0 Å². The van der Waals surface area contributed by atoms with E-state index in [1.807, 2.05) is 26.0 Å². The highest BCUT2D eigenvalue weighted by atomic mass is 35.5. The van der Waals surface area contributed by atoms with Gasteiger partial charge in [-0.1, -0.05) is 37.6 Å². The Bertz CT molecular complexity index is 420. The number of para-hydroxylation sites is 1. The first-order valence-corrected chi connectivity index (χ1v) is 6.18. The van der Waals surface area contributed by atoms with Crippen LogP contribution >= 0.6 is 11.6 Å². The summed E-state index contributed by atoms with van der Waals surface area (Å²) < 4.78 is 0. The van der Waals surface area contributed by atoms with Crippen molar-refractivity contribution in [2.75, 3.05) is 0 Å². The van der Waals surface area contributed by atoms with Crippen LogP contribution in [0.5, 0.6) is 5.75 Å². The molecule has 4 heteroatoms. The summed E-state index contributed by atoms with van der Waals surface area (Å²) in [5, 5.41) is 23.1. The first-order chi connectivity index (χ1) is 7.93. The van der Waals surface area contributed by atoms with Gasteiger partial charge in [0.2, 0.25) is 0 Å². The number of aromatic hydroxyl groups is 1. The molecule has 94 valence electrons. The van der Waals surface area contributed by atoms with Crippen molar-refractivity contribution in [2.24, 2.45) is 5.41 Å². The number of phenols is 1. The Hall–Kier alpha value is -0.770. The number of aliphatic hydroxyl groups excluding tert-OH is 1. The summed E-state index contributed by atoms with van der Waals surface area (Å²) in [4.78, 5) is 0. The third kappa shape index (κ3) is 2.28. The highest BCUT2D eigenvalue weighted by Gasteiger charge is 2.46. The average molecular weight is 256 g/mol. The molecule has 2 unspecified atom stereocenters. The van der Waals surface area contributed by atoms with Gasteiger partial charge in [-0.3, -0.25) is 0 Å². The van der Waals surface area contributed by atoms with Gasteiger partial charge in [0.05, 0.1) is 11.1 Å². The van der Waals surface area contributed by atoms with Crippen LogP contribution in [0, 0.1) is 5.41 Å². The van der Waals surface area contributed by atoms with E-state index < -0.39 is 0 Å². The SMILES string of the molecule is CC1(C)C(O)CC1NCc1cccc(Cl)c1O. The number of hydrogen-bond acceptors (Lipinski definition) is 3. The van der Waals surface area contributed by atoms with Crippen LogP contribution in [0.1, 0.15) is 25.8 Å². The molecule has 0 bridgehead atoms. The Kier molecular flexibility index (Phi) is 3.34. The van der Waals surface area contributed by atoms with Crippen LogP contribution in [0.2, 0.25) is 5.02 Å². The number of hydrogen-bond donors (Lipinski definition) is 3. The molecule has 2 rings (SSSR count). The molecule has 1 saturated carbocycles. The van der Waals surface area contributed by atoms with E-state index in [4.69, 9.17) is 11.6 Å². The van der Waals surface area contributed by atoms with E-state index in [9.17, 15) is 10.2 Å². The Balaban J connectivity index is 1.97. The minimum atomic E-state index is -0.243. The Morgan fingerprint density at radius 3 is 2.76 bits per heavy atom. The van der Waals surface area contributed by atoms with Crippen LogP contribution in [-0.4, -0.2) is 22.4 Å². The van der Waals surface area contributed by atoms with Crippen LogP contribution in [0.4, 0.5) is 0 Å². The zero-order chi connectivity index (χ0) is 12.6. The van der Waals surface area contributed by atoms with E-state index in [1.165, 1.54) is 0 Å². The molecule has 1 fully saturated rings. The number of halogens is 1. The summed E-state index contributed by atoms with van der Waals surface area (Å²) >= 11 is 5.84. The molecular formula is C13H18ClNO2. The van der Waals surface area contributed by atoms with Gasteiger partial charge in [-0.25, -0.2) is 0 Å². The molecule has 0 radical (unpaired) electrons. The van der Waals surface area contributed by atoms with Crippen LogP contribution < -0.4 is 5.32 Å². The van der Waals surface area contributed by atoms with Crippen molar-refractivity contribution in [3.05, 3.63) is 28.8 Å². The van der Waals surface area contributed by atoms with E-state index in [0.717, 1.165) is 12.0 Å². The third-order valence-electron chi connectivity index (χ3n) is 3.83. The predicted molar refractivity (Wildman–Crippen MR) is 68.1 cm³/mol. The molecule has 17 heavy (non-hydrogen) atoms. The van der Waals surface area contributed by atoms with Gasteiger partial charge in [-0.15, -0.1) is 0 Å². The summed E-state index contributed by atoms with van der Waals surface area (Å²) in [7, 11) is 0. The maximum absolute atomic E-state index is 9.76. The second-order valence-electron chi connectivity index (χ2n) is 5.25. The molecule has 0 saturated heterocycles. The van der Waals surface area contributed by atoms with E-state index in [1.54, 1.807) is 6.07 Å². The van der Waals surface area contributed by atoms with Crippen LogP contribution in [-0.2, 0) is 6.54 Å². The summed E-state index contributed by atoms with van der Waals surface area (Å²) in [6, 6.07) is 5.60. The lowest BCUT2D eigenvalue weighted by atomic mass is 9.64. The molecule has 0 spiro atoms. The van der Waals surface area contributed by atoms with Crippen LogP contribution in [0.3, 0.4) is 0 Å². The van der Waals surface area contributed by atoms with Crippen LogP contribution in [0.25, 0.3) is 0 Å². The number of nitrogens with one attached hydrogen (secondary N) is 1. The number of aliphatic hydroxyl groups is 1. The topological polar surface area (TPSA) is 52.5 Å². The van der Waals surface area contributed by atoms with Gasteiger partial charge < -0.3 is 15.5 Å². The zero-order valence-corrected chi connectivity index (χ0v) is 10.8. The number of benzene rings is 1. The van der Waals surface area contributed by atoms with E-state index >= 15 is 0 Å². The molecule has 1 aromatic rings. The predicted octanol–water partition coefficient (Wildman–Crippen LogP) is 2.29. The molecule has 0 aliphatic heterocycles. The van der Waals surface area contributed by atoms with Crippen molar-refractivity contribution >= 4 is 11.6 Å². The minimum absolute atomic E-state index is 0.103. The monoisotopic (exact) mass is 255 g/mol. The highest BCUT2D eigenvalue weighted by molar-refractivity contribution is 6.32. The summed E-state index contributed by atoms with van der Waals surface area (Å²) in [6.45, 7) is 4.64. The summed E-state index contributed by atoms with van der Waals surface area (Å²) in [5.74, 6) is 0.138. The third-order valence-corrected chi connectivity index (χ3v) is 4.13. The van der Waals surface area contributed by atoms with Crippen molar-refractivity contribution in [3.8, 4) is 5.75 Å². The van der Waals surface area contributed by atoms with Gasteiger partial charge in [0.1, 0.15) is 5.75 Å². The van der Waals surface area contributed by atoms with Crippen molar-refractivity contribution in [1.29, 1.82) is 0 Å². The van der Waals surface area contributed by atoms with E-state index in [2.05, 4.69) is 5.32 Å².